The number of hydrogen-bond donors (Lipinski definition) is 2. The van der Waals surface area contributed by atoms with Crippen LogP contribution in [0.15, 0.2) is 66.4 Å². The maximum atomic E-state index is 12.8. The predicted molar refractivity (Wildman–Crippen MR) is 127 cm³/mol. The third-order valence-electron chi connectivity index (χ3n) is 5.70. The summed E-state index contributed by atoms with van der Waals surface area (Å²) in [5.41, 5.74) is 5.89. The highest BCUT2D eigenvalue weighted by molar-refractivity contribution is 6.16. The zero-order chi connectivity index (χ0) is 23.5. The van der Waals surface area contributed by atoms with Gasteiger partial charge in [-0.05, 0) is 56.2 Å². The number of urea groups is 1. The minimum Gasteiger partial charge on any atom is -0.344 e. The largest absolute Gasteiger partial charge is 0.344 e. The highest BCUT2D eigenvalue weighted by atomic mass is 16.2. The van der Waals surface area contributed by atoms with Gasteiger partial charge in [-0.15, -0.1) is 0 Å². The van der Waals surface area contributed by atoms with Crippen LogP contribution in [0.1, 0.15) is 28.1 Å². The number of nitrogens with zero attached hydrogens (tertiary/aromatic N) is 2. The average molecular weight is 443 g/mol. The third kappa shape index (κ3) is 4.87. The first kappa shape index (κ1) is 22.1. The number of carbonyl (C=O) groups is 3. The summed E-state index contributed by atoms with van der Waals surface area (Å²) in [6, 6.07) is 18.8. The minimum absolute atomic E-state index is 0.156. The smallest absolute Gasteiger partial charge is 0.329 e. The van der Waals surface area contributed by atoms with E-state index in [0.717, 1.165) is 27.4 Å². The van der Waals surface area contributed by atoms with E-state index in [9.17, 15) is 14.4 Å². The van der Waals surface area contributed by atoms with Crippen molar-refractivity contribution in [3.05, 3.63) is 94.4 Å². The minimum atomic E-state index is -0.608. The zero-order valence-corrected chi connectivity index (χ0v) is 18.9. The van der Waals surface area contributed by atoms with E-state index in [4.69, 9.17) is 0 Å². The molecule has 0 atom stereocenters. The van der Waals surface area contributed by atoms with Crippen molar-refractivity contribution in [1.82, 2.24) is 14.8 Å². The van der Waals surface area contributed by atoms with Crippen LogP contribution in [0.25, 0.3) is 6.08 Å². The Morgan fingerprint density at radius 3 is 2.39 bits per heavy atom. The van der Waals surface area contributed by atoms with Crippen molar-refractivity contribution in [2.45, 2.75) is 27.3 Å². The van der Waals surface area contributed by atoms with Crippen LogP contribution in [0, 0.1) is 20.8 Å². The molecule has 0 spiro atoms. The number of hydrogen-bond acceptors (Lipinski definition) is 3. The number of imide groups is 1. The molecule has 4 rings (SSSR count). The lowest BCUT2D eigenvalue weighted by Gasteiger charge is -2.12. The first-order valence-electron chi connectivity index (χ1n) is 10.7. The molecule has 1 saturated heterocycles. The molecular weight excluding hydrogens is 416 g/mol. The zero-order valence-electron chi connectivity index (χ0n) is 18.9. The Morgan fingerprint density at radius 2 is 1.70 bits per heavy atom. The van der Waals surface area contributed by atoms with E-state index < -0.39 is 17.8 Å². The van der Waals surface area contributed by atoms with Gasteiger partial charge in [0.15, 0.2) is 0 Å². The standard InChI is InChI=1S/C26H26N4O3/c1-17-9-11-22(12-10-17)27-24(31)16-30-25(32)23(28-26(30)33)14-21-13-18(2)29(19(21)3)15-20-7-5-4-6-8-20/h4-14H,15-16H2,1-3H3,(H,27,31)(H,28,33). The van der Waals surface area contributed by atoms with E-state index in [1.807, 2.05) is 57.2 Å². The summed E-state index contributed by atoms with van der Waals surface area (Å²) in [4.78, 5) is 38.5. The molecule has 1 aliphatic heterocycles. The van der Waals surface area contributed by atoms with Crippen LogP contribution in [0.3, 0.4) is 0 Å². The number of aromatic nitrogens is 1. The van der Waals surface area contributed by atoms with Gasteiger partial charge in [0.25, 0.3) is 5.91 Å². The Labute approximate surface area is 192 Å². The fraction of sp³-hybridized carbons (Fsp3) is 0.192. The van der Waals surface area contributed by atoms with Gasteiger partial charge in [-0.2, -0.15) is 0 Å². The van der Waals surface area contributed by atoms with Crippen molar-refractivity contribution < 1.29 is 14.4 Å². The lowest BCUT2D eigenvalue weighted by molar-refractivity contribution is -0.127. The monoisotopic (exact) mass is 442 g/mol. The molecule has 0 saturated carbocycles. The SMILES string of the molecule is Cc1ccc(NC(=O)CN2C(=O)NC(=Cc3cc(C)n(Cc4ccccc4)c3C)C2=O)cc1. The van der Waals surface area contributed by atoms with E-state index >= 15 is 0 Å². The van der Waals surface area contributed by atoms with Crippen molar-refractivity contribution >= 4 is 29.6 Å². The maximum Gasteiger partial charge on any atom is 0.329 e. The number of carbonyl (C=O) groups excluding carboxylic acids is 3. The van der Waals surface area contributed by atoms with Crippen LogP contribution in [0.2, 0.25) is 0 Å². The summed E-state index contributed by atoms with van der Waals surface area (Å²) in [6.07, 6.45) is 1.67. The molecule has 7 nitrogen and oxygen atoms in total. The molecule has 2 aromatic carbocycles. The molecule has 1 aliphatic rings. The van der Waals surface area contributed by atoms with Crippen molar-refractivity contribution in [2.24, 2.45) is 0 Å². The Kier molecular flexibility index (Phi) is 6.13. The number of amides is 4. The first-order valence-corrected chi connectivity index (χ1v) is 10.7. The van der Waals surface area contributed by atoms with Crippen LogP contribution in [0.5, 0.6) is 0 Å². The molecule has 2 heterocycles. The van der Waals surface area contributed by atoms with E-state index in [1.54, 1.807) is 18.2 Å². The summed E-state index contributed by atoms with van der Waals surface area (Å²) in [7, 11) is 0. The molecule has 7 heteroatoms. The number of anilines is 1. The lowest BCUT2D eigenvalue weighted by atomic mass is 10.2. The van der Waals surface area contributed by atoms with E-state index in [-0.39, 0.29) is 12.2 Å². The van der Waals surface area contributed by atoms with Gasteiger partial charge in [0.05, 0.1) is 0 Å². The Hall–Kier alpha value is -4.13. The van der Waals surface area contributed by atoms with Crippen LogP contribution in [0.4, 0.5) is 10.5 Å². The highest BCUT2D eigenvalue weighted by Gasteiger charge is 2.35. The van der Waals surface area contributed by atoms with Crippen LogP contribution < -0.4 is 10.6 Å². The van der Waals surface area contributed by atoms with Crippen molar-refractivity contribution in [3.8, 4) is 0 Å². The molecular formula is C26H26N4O3. The topological polar surface area (TPSA) is 83.4 Å². The molecule has 168 valence electrons. The van der Waals surface area contributed by atoms with Gasteiger partial charge in [-0.25, -0.2) is 9.69 Å². The number of nitrogens with one attached hydrogen (secondary N) is 2. The molecule has 1 aromatic heterocycles. The van der Waals surface area contributed by atoms with Crippen molar-refractivity contribution in [1.29, 1.82) is 0 Å². The molecule has 0 bridgehead atoms. The molecule has 33 heavy (non-hydrogen) atoms. The second-order valence-electron chi connectivity index (χ2n) is 8.19. The van der Waals surface area contributed by atoms with Gasteiger partial charge < -0.3 is 15.2 Å². The molecule has 0 aliphatic carbocycles. The van der Waals surface area contributed by atoms with Gasteiger partial charge >= 0.3 is 6.03 Å². The predicted octanol–water partition coefficient (Wildman–Crippen LogP) is 3.99. The van der Waals surface area contributed by atoms with Gasteiger partial charge in [0.2, 0.25) is 5.91 Å². The summed E-state index contributed by atoms with van der Waals surface area (Å²) in [5, 5.41) is 5.30. The quantitative estimate of drug-likeness (QED) is 0.447. The molecule has 4 amide bonds. The van der Waals surface area contributed by atoms with Gasteiger partial charge in [-0.1, -0.05) is 48.0 Å². The van der Waals surface area contributed by atoms with E-state index in [1.165, 1.54) is 5.56 Å². The Morgan fingerprint density at radius 1 is 1.00 bits per heavy atom. The van der Waals surface area contributed by atoms with Gasteiger partial charge in [-0.3, -0.25) is 9.59 Å². The maximum absolute atomic E-state index is 12.8. The van der Waals surface area contributed by atoms with Crippen molar-refractivity contribution in [3.63, 3.8) is 0 Å². The number of rotatable bonds is 6. The second-order valence-corrected chi connectivity index (χ2v) is 8.19. The molecule has 3 aromatic rings. The van der Waals surface area contributed by atoms with Gasteiger partial charge in [0, 0.05) is 23.6 Å². The Balaban J connectivity index is 1.48. The second kappa shape index (κ2) is 9.16. The normalized spacial score (nSPS) is 14.6. The fourth-order valence-electron chi connectivity index (χ4n) is 3.83. The average Bonchev–Trinajstić information content (AvgIpc) is 3.20. The van der Waals surface area contributed by atoms with E-state index in [0.29, 0.717) is 12.2 Å². The van der Waals surface area contributed by atoms with Crippen molar-refractivity contribution in [2.75, 3.05) is 11.9 Å². The summed E-state index contributed by atoms with van der Waals surface area (Å²) in [5.74, 6) is -0.962. The summed E-state index contributed by atoms with van der Waals surface area (Å²) < 4.78 is 2.16. The third-order valence-corrected chi connectivity index (χ3v) is 5.70. The van der Waals surface area contributed by atoms with Crippen LogP contribution in [-0.2, 0) is 16.1 Å². The number of aryl methyl sites for hydroxylation is 2. The van der Waals surface area contributed by atoms with Gasteiger partial charge in [0.1, 0.15) is 12.2 Å². The van der Waals surface area contributed by atoms with Crippen LogP contribution in [-0.4, -0.2) is 33.9 Å². The molecule has 2 N–H and O–H groups in total. The fourth-order valence-corrected chi connectivity index (χ4v) is 3.83. The molecule has 0 unspecified atom stereocenters. The number of benzene rings is 2. The lowest BCUT2D eigenvalue weighted by Crippen LogP contribution is -2.38. The highest BCUT2D eigenvalue weighted by Crippen LogP contribution is 2.21. The summed E-state index contributed by atoms with van der Waals surface area (Å²) in [6.45, 7) is 6.30. The van der Waals surface area contributed by atoms with E-state index in [2.05, 4.69) is 27.3 Å². The Bertz CT molecular complexity index is 1240. The van der Waals surface area contributed by atoms with Crippen LogP contribution >= 0.6 is 0 Å². The summed E-state index contributed by atoms with van der Waals surface area (Å²) >= 11 is 0. The molecule has 1 fully saturated rings. The first-order chi connectivity index (χ1) is 15.8. The molecule has 0 radical (unpaired) electrons.